The zero-order chi connectivity index (χ0) is 16.8. The van der Waals surface area contributed by atoms with Crippen LogP contribution in [-0.4, -0.2) is 53.5 Å². The maximum atomic E-state index is 12.6. The summed E-state index contributed by atoms with van der Waals surface area (Å²) in [6.45, 7) is -0.0149. The topological polar surface area (TPSA) is 66.9 Å². The summed E-state index contributed by atoms with van der Waals surface area (Å²) < 4.78 is 4.94. The minimum Gasteiger partial charge on any atom is -0.448 e. The SMILES string of the molecule is CSCCC1C(=O)N(c2ccccc2)C(=O)N1C(=O)OCCCl. The minimum absolute atomic E-state index is 0.0149. The van der Waals surface area contributed by atoms with Gasteiger partial charge in [0.25, 0.3) is 5.91 Å². The molecule has 0 bridgehead atoms. The van der Waals surface area contributed by atoms with Crippen molar-refractivity contribution in [3.05, 3.63) is 30.3 Å². The van der Waals surface area contributed by atoms with Gasteiger partial charge in [-0.25, -0.2) is 19.4 Å². The Morgan fingerprint density at radius 1 is 1.30 bits per heavy atom. The first-order chi connectivity index (χ1) is 11.1. The molecule has 1 fully saturated rings. The number of benzene rings is 1. The standard InChI is InChI=1S/C15H17ClN2O4S/c1-23-10-7-12-13(19)17(11-5-3-2-4-6-11)14(20)18(12)15(21)22-9-8-16/h2-6,12H,7-10H2,1H3. The lowest BCUT2D eigenvalue weighted by Gasteiger charge is -2.18. The molecule has 1 atom stereocenters. The van der Waals surface area contributed by atoms with Crippen LogP contribution in [0.3, 0.4) is 0 Å². The lowest BCUT2D eigenvalue weighted by molar-refractivity contribution is -0.119. The number of rotatable bonds is 6. The van der Waals surface area contributed by atoms with Gasteiger partial charge in [-0.3, -0.25) is 4.79 Å². The average molecular weight is 357 g/mol. The van der Waals surface area contributed by atoms with Crippen LogP contribution in [0, 0.1) is 0 Å². The second kappa shape index (κ2) is 8.21. The summed E-state index contributed by atoms with van der Waals surface area (Å²) in [5, 5.41) is 0. The van der Waals surface area contributed by atoms with E-state index in [1.165, 1.54) is 11.8 Å². The normalized spacial score (nSPS) is 17.7. The van der Waals surface area contributed by atoms with Crippen molar-refractivity contribution in [1.82, 2.24) is 4.90 Å². The Labute approximate surface area is 143 Å². The number of para-hydroxylation sites is 1. The number of hydrogen-bond acceptors (Lipinski definition) is 5. The van der Waals surface area contributed by atoms with Gasteiger partial charge in [0.15, 0.2) is 0 Å². The molecule has 1 aromatic rings. The average Bonchev–Trinajstić information content (AvgIpc) is 2.81. The van der Waals surface area contributed by atoms with Crippen molar-refractivity contribution in [3.8, 4) is 0 Å². The van der Waals surface area contributed by atoms with E-state index >= 15 is 0 Å². The molecule has 0 N–H and O–H groups in total. The maximum absolute atomic E-state index is 12.6. The third-order valence-corrected chi connectivity index (χ3v) is 4.12. The highest BCUT2D eigenvalue weighted by Crippen LogP contribution is 2.27. The highest BCUT2D eigenvalue weighted by atomic mass is 35.5. The number of nitrogens with zero attached hydrogens (tertiary/aromatic N) is 2. The van der Waals surface area contributed by atoms with Crippen molar-refractivity contribution in [2.45, 2.75) is 12.5 Å². The Morgan fingerprint density at radius 3 is 2.61 bits per heavy atom. The van der Waals surface area contributed by atoms with Crippen molar-refractivity contribution in [2.75, 3.05) is 29.4 Å². The summed E-state index contributed by atoms with van der Waals surface area (Å²) in [5.41, 5.74) is 0.435. The van der Waals surface area contributed by atoms with Crippen LogP contribution in [0.4, 0.5) is 15.3 Å². The number of imide groups is 2. The van der Waals surface area contributed by atoms with E-state index in [0.717, 1.165) is 9.80 Å². The van der Waals surface area contributed by atoms with Gasteiger partial charge in [0, 0.05) is 0 Å². The maximum Gasteiger partial charge on any atom is 0.418 e. The van der Waals surface area contributed by atoms with E-state index in [2.05, 4.69) is 0 Å². The summed E-state index contributed by atoms with van der Waals surface area (Å²) in [6.07, 6.45) is 1.44. The number of thioether (sulfide) groups is 1. The lowest BCUT2D eigenvalue weighted by Crippen LogP contribution is -2.41. The van der Waals surface area contributed by atoms with Gasteiger partial charge in [0.2, 0.25) is 0 Å². The molecule has 0 saturated carbocycles. The first kappa shape index (κ1) is 17.6. The summed E-state index contributed by atoms with van der Waals surface area (Å²) in [4.78, 5) is 39.3. The quantitative estimate of drug-likeness (QED) is 0.579. The van der Waals surface area contributed by atoms with Crippen molar-refractivity contribution in [1.29, 1.82) is 0 Å². The van der Waals surface area contributed by atoms with E-state index < -0.39 is 24.1 Å². The molecule has 6 nitrogen and oxygen atoms in total. The number of anilines is 1. The monoisotopic (exact) mass is 356 g/mol. The number of alkyl halides is 1. The van der Waals surface area contributed by atoms with Crippen LogP contribution in [0.1, 0.15) is 6.42 Å². The molecule has 2 rings (SSSR count). The fourth-order valence-electron chi connectivity index (χ4n) is 2.29. The van der Waals surface area contributed by atoms with E-state index in [1.807, 2.05) is 6.26 Å². The predicted molar refractivity (Wildman–Crippen MR) is 90.0 cm³/mol. The molecular formula is C15H17ClN2O4S. The van der Waals surface area contributed by atoms with Crippen molar-refractivity contribution in [3.63, 3.8) is 0 Å². The summed E-state index contributed by atoms with van der Waals surface area (Å²) >= 11 is 7.04. The summed E-state index contributed by atoms with van der Waals surface area (Å²) in [5.74, 6) is 0.351. The molecule has 1 saturated heterocycles. The number of hydrogen-bond donors (Lipinski definition) is 0. The fraction of sp³-hybridized carbons (Fsp3) is 0.400. The zero-order valence-corrected chi connectivity index (χ0v) is 14.2. The molecule has 8 heteroatoms. The van der Waals surface area contributed by atoms with Crippen molar-refractivity contribution in [2.24, 2.45) is 0 Å². The van der Waals surface area contributed by atoms with Crippen molar-refractivity contribution >= 4 is 47.1 Å². The molecule has 0 spiro atoms. The minimum atomic E-state index is -0.849. The van der Waals surface area contributed by atoms with E-state index in [0.29, 0.717) is 17.9 Å². The predicted octanol–water partition coefficient (Wildman–Crippen LogP) is 2.95. The number of carbonyl (C=O) groups is 3. The van der Waals surface area contributed by atoms with Crippen LogP contribution in [0.5, 0.6) is 0 Å². The Balaban J connectivity index is 2.29. The lowest BCUT2D eigenvalue weighted by atomic mass is 10.2. The third-order valence-electron chi connectivity index (χ3n) is 3.32. The van der Waals surface area contributed by atoms with E-state index in [1.54, 1.807) is 30.3 Å². The van der Waals surface area contributed by atoms with Gasteiger partial charge in [-0.2, -0.15) is 11.8 Å². The smallest absolute Gasteiger partial charge is 0.418 e. The number of halogens is 1. The highest BCUT2D eigenvalue weighted by Gasteiger charge is 2.49. The van der Waals surface area contributed by atoms with Crippen LogP contribution in [-0.2, 0) is 9.53 Å². The molecule has 1 aromatic carbocycles. The van der Waals surface area contributed by atoms with Gasteiger partial charge < -0.3 is 4.74 Å². The van der Waals surface area contributed by atoms with Crippen molar-refractivity contribution < 1.29 is 19.1 Å². The molecule has 1 aliphatic heterocycles. The van der Waals surface area contributed by atoms with Crippen LogP contribution in [0.25, 0.3) is 0 Å². The summed E-state index contributed by atoms with van der Waals surface area (Å²) in [6, 6.07) is 6.99. The number of ether oxygens (including phenoxy) is 1. The molecule has 23 heavy (non-hydrogen) atoms. The zero-order valence-electron chi connectivity index (χ0n) is 12.6. The Bertz CT molecular complexity index is 584. The molecule has 1 aliphatic rings. The molecule has 1 unspecified atom stereocenters. The fourth-order valence-corrected chi connectivity index (χ4v) is 2.83. The first-order valence-electron chi connectivity index (χ1n) is 7.05. The number of carbonyl (C=O) groups excluding carboxylic acids is 3. The number of amides is 4. The van der Waals surface area contributed by atoms with Gasteiger partial charge in [-0.1, -0.05) is 18.2 Å². The second-order valence-corrected chi connectivity index (χ2v) is 6.13. The third kappa shape index (κ3) is 3.79. The van der Waals surface area contributed by atoms with Gasteiger partial charge in [-0.15, -0.1) is 11.6 Å². The Hall–Kier alpha value is -1.73. The molecule has 4 amide bonds. The highest BCUT2D eigenvalue weighted by molar-refractivity contribution is 7.98. The summed E-state index contributed by atoms with van der Waals surface area (Å²) in [7, 11) is 0. The molecule has 0 aliphatic carbocycles. The first-order valence-corrected chi connectivity index (χ1v) is 8.98. The molecule has 124 valence electrons. The van der Waals surface area contributed by atoms with Crippen LogP contribution in [0.2, 0.25) is 0 Å². The molecule has 0 aromatic heterocycles. The Kier molecular flexibility index (Phi) is 6.29. The van der Waals surface area contributed by atoms with E-state index in [-0.39, 0.29) is 12.5 Å². The van der Waals surface area contributed by atoms with Crippen LogP contribution >= 0.6 is 23.4 Å². The Morgan fingerprint density at radius 2 is 2.00 bits per heavy atom. The van der Waals surface area contributed by atoms with Crippen LogP contribution < -0.4 is 4.90 Å². The largest absolute Gasteiger partial charge is 0.448 e. The molecule has 1 heterocycles. The van der Waals surface area contributed by atoms with Gasteiger partial charge >= 0.3 is 12.1 Å². The van der Waals surface area contributed by atoms with Gasteiger partial charge in [0.05, 0.1) is 11.6 Å². The molecule has 0 radical (unpaired) electrons. The van der Waals surface area contributed by atoms with E-state index in [4.69, 9.17) is 16.3 Å². The van der Waals surface area contributed by atoms with Gasteiger partial charge in [-0.05, 0) is 30.6 Å². The number of urea groups is 1. The van der Waals surface area contributed by atoms with E-state index in [9.17, 15) is 14.4 Å². The molecular weight excluding hydrogens is 340 g/mol. The second-order valence-electron chi connectivity index (χ2n) is 4.76. The van der Waals surface area contributed by atoms with Crippen LogP contribution in [0.15, 0.2) is 30.3 Å². The van der Waals surface area contributed by atoms with Gasteiger partial charge in [0.1, 0.15) is 12.6 Å².